The molecule has 2 aliphatic rings. The van der Waals surface area contributed by atoms with Crippen LogP contribution in [0.3, 0.4) is 0 Å². The van der Waals surface area contributed by atoms with Crippen LogP contribution in [-0.4, -0.2) is 53.7 Å². The van der Waals surface area contributed by atoms with E-state index < -0.39 is 24.0 Å². The van der Waals surface area contributed by atoms with Crippen LogP contribution in [-0.2, 0) is 14.3 Å². The molecule has 0 radical (unpaired) electrons. The highest BCUT2D eigenvalue weighted by atomic mass is 16.5. The van der Waals surface area contributed by atoms with E-state index in [9.17, 15) is 19.5 Å². The lowest BCUT2D eigenvalue weighted by atomic mass is 9.98. The van der Waals surface area contributed by atoms with Crippen molar-refractivity contribution in [1.29, 1.82) is 0 Å². The quantitative estimate of drug-likeness (QED) is 0.643. The summed E-state index contributed by atoms with van der Waals surface area (Å²) in [6, 6.07) is 15.5. The van der Waals surface area contributed by atoms with E-state index in [1.165, 1.54) is 0 Å². The van der Waals surface area contributed by atoms with Gasteiger partial charge < -0.3 is 20.1 Å². The minimum atomic E-state index is -0.896. The maximum absolute atomic E-state index is 13.2. The summed E-state index contributed by atoms with van der Waals surface area (Å²) in [6.45, 7) is 6.50. The lowest BCUT2D eigenvalue weighted by molar-refractivity contribution is -0.142. The monoisotopic (exact) mass is 464 g/mol. The van der Waals surface area contributed by atoms with Gasteiger partial charge >= 0.3 is 12.1 Å². The van der Waals surface area contributed by atoms with Crippen molar-refractivity contribution in [3.05, 3.63) is 59.7 Å². The number of ether oxygens (including phenoxy) is 1. The minimum Gasteiger partial charge on any atom is -0.481 e. The van der Waals surface area contributed by atoms with E-state index in [-0.39, 0.29) is 36.8 Å². The maximum atomic E-state index is 13.2. The Morgan fingerprint density at radius 2 is 1.62 bits per heavy atom. The van der Waals surface area contributed by atoms with E-state index in [1.54, 1.807) is 4.90 Å². The van der Waals surface area contributed by atoms with Crippen LogP contribution < -0.4 is 5.32 Å². The summed E-state index contributed by atoms with van der Waals surface area (Å²) in [6.07, 6.45) is -0.186. The maximum Gasteiger partial charge on any atom is 0.407 e. The first-order valence-electron chi connectivity index (χ1n) is 11.9. The Bertz CT molecular complexity index is 1040. The van der Waals surface area contributed by atoms with Gasteiger partial charge in [0.2, 0.25) is 5.91 Å². The minimum absolute atomic E-state index is 0.0619. The fraction of sp³-hybridized carbons (Fsp3) is 0.444. The molecule has 0 spiro atoms. The first kappa shape index (κ1) is 23.8. The number of nitrogens with zero attached hydrogens (tertiary/aromatic N) is 1. The summed E-state index contributed by atoms with van der Waals surface area (Å²) >= 11 is 0. The molecule has 2 unspecified atom stereocenters. The smallest absolute Gasteiger partial charge is 0.407 e. The SMILES string of the molecule is CC(C)C[C@H](NC(=O)OCC1c2ccccc2-c2ccccc21)C(=O)N1CC(C)C(C(=O)O)C1. The number of aliphatic carboxylic acids is 1. The molecule has 7 heteroatoms. The van der Waals surface area contributed by atoms with Crippen molar-refractivity contribution in [2.45, 2.75) is 39.2 Å². The van der Waals surface area contributed by atoms with Gasteiger partial charge in [-0.1, -0.05) is 69.3 Å². The molecule has 34 heavy (non-hydrogen) atoms. The van der Waals surface area contributed by atoms with Gasteiger partial charge in [-0.15, -0.1) is 0 Å². The number of hydrogen-bond acceptors (Lipinski definition) is 4. The van der Waals surface area contributed by atoms with Crippen LogP contribution in [0.1, 0.15) is 44.2 Å². The second kappa shape index (κ2) is 9.87. The van der Waals surface area contributed by atoms with E-state index in [1.807, 2.05) is 45.0 Å². The molecule has 1 aliphatic carbocycles. The molecule has 1 heterocycles. The van der Waals surface area contributed by atoms with E-state index in [0.717, 1.165) is 22.3 Å². The van der Waals surface area contributed by atoms with Crippen LogP contribution in [0, 0.1) is 17.8 Å². The van der Waals surface area contributed by atoms with Gasteiger partial charge in [0.1, 0.15) is 12.6 Å². The third kappa shape index (κ3) is 4.79. The standard InChI is InChI=1S/C27H32N2O5/c1-16(2)12-24(25(30)29-13-17(3)22(14-29)26(31)32)28-27(33)34-15-23-20-10-6-4-8-18(20)19-9-5-7-11-21(19)23/h4-11,16-17,22-24H,12-15H2,1-3H3,(H,28,33)(H,31,32)/t17?,22?,24-/m0/s1. The molecule has 0 aromatic heterocycles. The molecule has 180 valence electrons. The van der Waals surface area contributed by atoms with Crippen LogP contribution in [0.15, 0.2) is 48.5 Å². The van der Waals surface area contributed by atoms with Gasteiger partial charge in [0.05, 0.1) is 5.92 Å². The Balaban J connectivity index is 1.42. The summed E-state index contributed by atoms with van der Waals surface area (Å²) in [5.74, 6) is -1.76. The van der Waals surface area contributed by atoms with Crippen LogP contribution in [0.5, 0.6) is 0 Å². The summed E-state index contributed by atoms with van der Waals surface area (Å²) in [5, 5.41) is 12.2. The van der Waals surface area contributed by atoms with Crippen molar-refractivity contribution in [2.75, 3.05) is 19.7 Å². The van der Waals surface area contributed by atoms with Crippen LogP contribution in [0.25, 0.3) is 11.1 Å². The summed E-state index contributed by atoms with van der Waals surface area (Å²) < 4.78 is 5.63. The number of fused-ring (bicyclic) bond motifs is 3. The van der Waals surface area contributed by atoms with Crippen molar-refractivity contribution in [2.24, 2.45) is 17.8 Å². The van der Waals surface area contributed by atoms with E-state index in [4.69, 9.17) is 4.74 Å². The number of carboxylic acid groups (broad SMARTS) is 1. The fourth-order valence-electron chi connectivity index (χ4n) is 5.16. The molecule has 2 amide bonds. The molecule has 0 saturated carbocycles. The number of hydrogen-bond donors (Lipinski definition) is 2. The number of likely N-dealkylation sites (tertiary alicyclic amines) is 1. The lowest BCUT2D eigenvalue weighted by Crippen LogP contribution is -2.49. The molecule has 3 atom stereocenters. The van der Waals surface area contributed by atoms with Crippen molar-refractivity contribution in [3.63, 3.8) is 0 Å². The van der Waals surface area contributed by atoms with E-state index >= 15 is 0 Å². The Hall–Kier alpha value is -3.35. The molecule has 2 aromatic rings. The van der Waals surface area contributed by atoms with Gasteiger partial charge in [-0.2, -0.15) is 0 Å². The number of nitrogens with one attached hydrogen (secondary N) is 1. The molecule has 7 nitrogen and oxygen atoms in total. The summed E-state index contributed by atoms with van der Waals surface area (Å²) in [4.78, 5) is 39.0. The van der Waals surface area contributed by atoms with Gasteiger partial charge in [-0.05, 0) is 40.5 Å². The number of carbonyl (C=O) groups is 3. The van der Waals surface area contributed by atoms with Crippen LogP contribution in [0.4, 0.5) is 4.79 Å². The van der Waals surface area contributed by atoms with Crippen LogP contribution >= 0.6 is 0 Å². The van der Waals surface area contributed by atoms with Gasteiger partial charge in [0.25, 0.3) is 0 Å². The Labute approximate surface area is 200 Å². The van der Waals surface area contributed by atoms with E-state index in [0.29, 0.717) is 13.0 Å². The molecule has 2 N–H and O–H groups in total. The zero-order valence-corrected chi connectivity index (χ0v) is 19.9. The predicted octanol–water partition coefficient (Wildman–Crippen LogP) is 4.12. The van der Waals surface area contributed by atoms with Crippen LogP contribution in [0.2, 0.25) is 0 Å². The molecule has 0 bridgehead atoms. The highest BCUT2D eigenvalue weighted by Crippen LogP contribution is 2.44. The first-order chi connectivity index (χ1) is 16.3. The summed E-state index contributed by atoms with van der Waals surface area (Å²) in [5.41, 5.74) is 4.54. The fourth-order valence-corrected chi connectivity index (χ4v) is 5.16. The molecule has 1 saturated heterocycles. The number of alkyl carbamates (subject to hydrolysis) is 1. The van der Waals surface area contributed by atoms with Crippen molar-refractivity contribution >= 4 is 18.0 Å². The topological polar surface area (TPSA) is 95.9 Å². The second-order valence-electron chi connectivity index (χ2n) is 9.82. The third-order valence-electron chi connectivity index (χ3n) is 6.88. The average Bonchev–Trinajstić information content (AvgIpc) is 3.35. The first-order valence-corrected chi connectivity index (χ1v) is 11.9. The van der Waals surface area contributed by atoms with Crippen molar-refractivity contribution < 1.29 is 24.2 Å². The average molecular weight is 465 g/mol. The number of amides is 2. The second-order valence-corrected chi connectivity index (χ2v) is 9.82. The van der Waals surface area contributed by atoms with Crippen molar-refractivity contribution in [1.82, 2.24) is 10.2 Å². The van der Waals surface area contributed by atoms with Gasteiger partial charge in [0.15, 0.2) is 0 Å². The Morgan fingerprint density at radius 3 is 2.15 bits per heavy atom. The highest BCUT2D eigenvalue weighted by molar-refractivity contribution is 5.87. The Kier molecular flexibility index (Phi) is 6.91. The number of benzene rings is 2. The molecule has 1 aliphatic heterocycles. The van der Waals surface area contributed by atoms with Crippen molar-refractivity contribution in [3.8, 4) is 11.1 Å². The number of carbonyl (C=O) groups excluding carboxylic acids is 2. The third-order valence-corrected chi connectivity index (χ3v) is 6.88. The van der Waals surface area contributed by atoms with Gasteiger partial charge in [0, 0.05) is 19.0 Å². The number of carboxylic acids is 1. The van der Waals surface area contributed by atoms with E-state index in [2.05, 4.69) is 29.6 Å². The zero-order valence-electron chi connectivity index (χ0n) is 19.9. The van der Waals surface area contributed by atoms with Gasteiger partial charge in [-0.25, -0.2) is 4.79 Å². The van der Waals surface area contributed by atoms with Gasteiger partial charge in [-0.3, -0.25) is 9.59 Å². The largest absolute Gasteiger partial charge is 0.481 e. The lowest BCUT2D eigenvalue weighted by Gasteiger charge is -2.25. The highest BCUT2D eigenvalue weighted by Gasteiger charge is 2.39. The predicted molar refractivity (Wildman–Crippen MR) is 128 cm³/mol. The molecule has 1 fully saturated rings. The molecule has 4 rings (SSSR count). The molecule has 2 aromatic carbocycles. The molecular weight excluding hydrogens is 432 g/mol. The molecular formula is C27H32N2O5. The Morgan fingerprint density at radius 1 is 1.03 bits per heavy atom. The summed E-state index contributed by atoms with van der Waals surface area (Å²) in [7, 11) is 0. The zero-order chi connectivity index (χ0) is 24.4. The normalized spacial score (nSPS) is 20.1. The number of rotatable bonds is 7.